The van der Waals surface area contributed by atoms with Crippen LogP contribution < -0.4 is 4.74 Å². The SMILES string of the molecule is CC(=O)Oc1ccc(C[C@@H](C(=O)O)n2c(C)cc(C(C)=O)c2C)cc1. The van der Waals surface area contributed by atoms with Gasteiger partial charge in [-0.1, -0.05) is 12.1 Å². The predicted molar refractivity (Wildman–Crippen MR) is 92.0 cm³/mol. The molecule has 6 nitrogen and oxygen atoms in total. The minimum atomic E-state index is -0.971. The van der Waals surface area contributed by atoms with E-state index in [0.717, 1.165) is 11.3 Å². The summed E-state index contributed by atoms with van der Waals surface area (Å²) in [6.45, 7) is 6.33. The largest absolute Gasteiger partial charge is 0.480 e. The zero-order valence-corrected chi connectivity index (χ0v) is 14.7. The fourth-order valence-electron chi connectivity index (χ4n) is 2.98. The monoisotopic (exact) mass is 343 g/mol. The number of carbonyl (C=O) groups excluding carboxylic acids is 2. The molecule has 0 bridgehead atoms. The Morgan fingerprint density at radius 2 is 1.72 bits per heavy atom. The van der Waals surface area contributed by atoms with Crippen LogP contribution in [0.4, 0.5) is 0 Å². The maximum Gasteiger partial charge on any atom is 0.327 e. The van der Waals surface area contributed by atoms with Gasteiger partial charge in [0.05, 0.1) is 0 Å². The second-order valence-corrected chi connectivity index (χ2v) is 6.01. The molecule has 2 rings (SSSR count). The maximum atomic E-state index is 11.8. The van der Waals surface area contributed by atoms with Crippen molar-refractivity contribution in [3.05, 3.63) is 52.8 Å². The molecule has 1 atom stereocenters. The van der Waals surface area contributed by atoms with Crippen LogP contribution in [0.2, 0.25) is 0 Å². The van der Waals surface area contributed by atoms with Crippen molar-refractivity contribution in [2.24, 2.45) is 0 Å². The number of carbonyl (C=O) groups is 3. The third-order valence-corrected chi connectivity index (χ3v) is 4.07. The highest BCUT2D eigenvalue weighted by Gasteiger charge is 2.25. The van der Waals surface area contributed by atoms with E-state index < -0.39 is 18.0 Å². The molecular formula is C19H21NO5. The summed E-state index contributed by atoms with van der Waals surface area (Å²) in [5, 5.41) is 9.68. The first-order valence-corrected chi connectivity index (χ1v) is 7.90. The molecule has 6 heteroatoms. The number of nitrogens with zero attached hydrogens (tertiary/aromatic N) is 1. The summed E-state index contributed by atoms with van der Waals surface area (Å²) in [7, 11) is 0. The van der Waals surface area contributed by atoms with Crippen molar-refractivity contribution < 1.29 is 24.2 Å². The van der Waals surface area contributed by atoms with Crippen LogP contribution in [0, 0.1) is 13.8 Å². The summed E-state index contributed by atoms with van der Waals surface area (Å²) < 4.78 is 6.66. The van der Waals surface area contributed by atoms with E-state index in [1.54, 1.807) is 48.7 Å². The van der Waals surface area contributed by atoms with E-state index in [1.165, 1.54) is 13.8 Å². The average Bonchev–Trinajstić information content (AvgIpc) is 2.81. The molecule has 0 fully saturated rings. The van der Waals surface area contributed by atoms with Crippen molar-refractivity contribution in [1.29, 1.82) is 0 Å². The van der Waals surface area contributed by atoms with Crippen LogP contribution in [0.25, 0.3) is 0 Å². The Morgan fingerprint density at radius 3 is 2.16 bits per heavy atom. The fourth-order valence-corrected chi connectivity index (χ4v) is 2.98. The first-order chi connectivity index (χ1) is 11.7. The summed E-state index contributed by atoms with van der Waals surface area (Å²) >= 11 is 0. The van der Waals surface area contributed by atoms with Crippen LogP contribution in [0.5, 0.6) is 5.75 Å². The van der Waals surface area contributed by atoms with Crippen LogP contribution in [-0.4, -0.2) is 27.4 Å². The number of benzene rings is 1. The number of hydrogen-bond acceptors (Lipinski definition) is 4. The Kier molecular flexibility index (Phi) is 5.41. The van der Waals surface area contributed by atoms with Crippen molar-refractivity contribution in [3.8, 4) is 5.75 Å². The zero-order valence-electron chi connectivity index (χ0n) is 14.7. The summed E-state index contributed by atoms with van der Waals surface area (Å²) in [5.41, 5.74) is 2.70. The van der Waals surface area contributed by atoms with E-state index in [-0.39, 0.29) is 12.2 Å². The molecule has 1 heterocycles. The topological polar surface area (TPSA) is 85.6 Å². The molecule has 0 aliphatic rings. The molecule has 132 valence electrons. The number of Topliss-reactive ketones (excluding diaryl/α,β-unsaturated/α-hetero) is 1. The predicted octanol–water partition coefficient (Wildman–Crippen LogP) is 3.10. The molecule has 1 aromatic heterocycles. The molecule has 0 aliphatic heterocycles. The molecule has 0 aliphatic carbocycles. The van der Waals surface area contributed by atoms with E-state index in [1.807, 2.05) is 0 Å². The fraction of sp³-hybridized carbons (Fsp3) is 0.316. The lowest BCUT2D eigenvalue weighted by molar-refractivity contribution is -0.141. The number of rotatable bonds is 6. The minimum Gasteiger partial charge on any atom is -0.480 e. The van der Waals surface area contributed by atoms with Crippen LogP contribution in [-0.2, 0) is 16.0 Å². The van der Waals surface area contributed by atoms with Gasteiger partial charge in [-0.3, -0.25) is 9.59 Å². The lowest BCUT2D eigenvalue weighted by atomic mass is 10.0. The lowest BCUT2D eigenvalue weighted by Crippen LogP contribution is -2.23. The van der Waals surface area contributed by atoms with Crippen molar-refractivity contribution in [2.45, 2.75) is 40.2 Å². The van der Waals surface area contributed by atoms with Gasteiger partial charge < -0.3 is 14.4 Å². The molecule has 0 spiro atoms. The average molecular weight is 343 g/mol. The van der Waals surface area contributed by atoms with Crippen molar-refractivity contribution in [3.63, 3.8) is 0 Å². The molecule has 0 unspecified atom stereocenters. The Labute approximate surface area is 146 Å². The summed E-state index contributed by atoms with van der Waals surface area (Å²) in [6, 6.07) is 7.62. The summed E-state index contributed by atoms with van der Waals surface area (Å²) in [6.07, 6.45) is 0.253. The van der Waals surface area contributed by atoms with Gasteiger partial charge in [0.1, 0.15) is 11.8 Å². The van der Waals surface area contributed by atoms with Gasteiger partial charge in [0.2, 0.25) is 0 Å². The molecular weight excluding hydrogens is 322 g/mol. The number of aliphatic carboxylic acids is 1. The Balaban J connectivity index is 2.32. The molecule has 0 saturated carbocycles. The number of hydrogen-bond donors (Lipinski definition) is 1. The van der Waals surface area contributed by atoms with Gasteiger partial charge >= 0.3 is 11.9 Å². The van der Waals surface area contributed by atoms with Crippen LogP contribution in [0.1, 0.15) is 47.2 Å². The second-order valence-electron chi connectivity index (χ2n) is 6.01. The van der Waals surface area contributed by atoms with E-state index >= 15 is 0 Å². The van der Waals surface area contributed by atoms with Crippen LogP contribution >= 0.6 is 0 Å². The highest BCUT2D eigenvalue weighted by atomic mass is 16.5. The van der Waals surface area contributed by atoms with Crippen molar-refractivity contribution in [1.82, 2.24) is 4.57 Å². The first-order valence-electron chi connectivity index (χ1n) is 7.90. The molecule has 0 radical (unpaired) electrons. The first kappa shape index (κ1) is 18.4. The number of esters is 1. The number of carboxylic acid groups (broad SMARTS) is 1. The third kappa shape index (κ3) is 4.15. The van der Waals surface area contributed by atoms with Gasteiger partial charge in [-0.25, -0.2) is 4.79 Å². The number of ketones is 1. The van der Waals surface area contributed by atoms with Gasteiger partial charge in [-0.2, -0.15) is 0 Å². The lowest BCUT2D eigenvalue weighted by Gasteiger charge is -2.19. The molecule has 2 aromatic rings. The number of carboxylic acids is 1. The molecule has 25 heavy (non-hydrogen) atoms. The maximum absolute atomic E-state index is 11.8. The molecule has 1 N–H and O–H groups in total. The van der Waals surface area contributed by atoms with Gasteiger partial charge in [0.25, 0.3) is 0 Å². The minimum absolute atomic E-state index is 0.0887. The van der Waals surface area contributed by atoms with Gasteiger partial charge in [0.15, 0.2) is 5.78 Å². The van der Waals surface area contributed by atoms with Crippen LogP contribution in [0.3, 0.4) is 0 Å². The van der Waals surface area contributed by atoms with Crippen molar-refractivity contribution >= 4 is 17.7 Å². The van der Waals surface area contributed by atoms with E-state index in [9.17, 15) is 19.5 Å². The molecule has 1 aromatic carbocycles. The Morgan fingerprint density at radius 1 is 1.12 bits per heavy atom. The van der Waals surface area contributed by atoms with Gasteiger partial charge in [-0.15, -0.1) is 0 Å². The number of aryl methyl sites for hydroxylation is 1. The molecule has 0 amide bonds. The van der Waals surface area contributed by atoms with Crippen LogP contribution in [0.15, 0.2) is 30.3 Å². The highest BCUT2D eigenvalue weighted by molar-refractivity contribution is 5.95. The molecule has 0 saturated heterocycles. The quantitative estimate of drug-likeness (QED) is 0.495. The second kappa shape index (κ2) is 7.34. The third-order valence-electron chi connectivity index (χ3n) is 4.07. The van der Waals surface area contributed by atoms with E-state index in [2.05, 4.69) is 0 Å². The van der Waals surface area contributed by atoms with Crippen molar-refractivity contribution in [2.75, 3.05) is 0 Å². The normalized spacial score (nSPS) is 11.8. The van der Waals surface area contributed by atoms with E-state index in [0.29, 0.717) is 17.0 Å². The number of ether oxygens (including phenoxy) is 1. The van der Waals surface area contributed by atoms with E-state index in [4.69, 9.17) is 4.74 Å². The Hall–Kier alpha value is -2.89. The zero-order chi connectivity index (χ0) is 18.7. The summed E-state index contributed by atoms with van der Waals surface area (Å²) in [4.78, 5) is 34.5. The highest BCUT2D eigenvalue weighted by Crippen LogP contribution is 2.25. The standard InChI is InChI=1S/C19H21NO5/c1-11-9-17(13(3)21)12(2)20(11)18(19(23)24)10-15-5-7-16(8-6-15)25-14(4)22/h5-9,18H,10H2,1-4H3,(H,23,24)/t18-/m0/s1. The smallest absolute Gasteiger partial charge is 0.327 e. The summed E-state index contributed by atoms with van der Waals surface area (Å²) in [5.74, 6) is -1.06. The van der Waals surface area contributed by atoms with Gasteiger partial charge in [0, 0.05) is 30.3 Å². The van der Waals surface area contributed by atoms with Gasteiger partial charge in [-0.05, 0) is 44.5 Å². The Bertz CT molecular complexity index is 817. The number of aromatic nitrogens is 1.